The first-order valence-corrected chi connectivity index (χ1v) is 4.08. The van der Waals surface area contributed by atoms with Crippen molar-refractivity contribution < 1.29 is 13.2 Å². The van der Waals surface area contributed by atoms with Crippen molar-refractivity contribution in [1.29, 1.82) is 0 Å². The Morgan fingerprint density at radius 2 is 1.89 bits per heavy atom. The fourth-order valence-corrected chi connectivity index (χ4v) is 1.22. The predicted molar refractivity (Wildman–Crippen MR) is 31.5 cm³/mol. The quantitative estimate of drug-likeness (QED) is 0.432. The molecule has 0 aromatic rings. The van der Waals surface area contributed by atoms with Crippen LogP contribution in [0.25, 0.3) is 0 Å². The van der Waals surface area contributed by atoms with Gasteiger partial charge in [-0.1, -0.05) is 25.8 Å². The molecule has 0 fully saturated rings. The molecule has 0 amide bonds. The number of halogens is 3. The van der Waals surface area contributed by atoms with Crippen molar-refractivity contribution in [2.75, 3.05) is 0 Å². The highest BCUT2D eigenvalue weighted by Crippen LogP contribution is 2.14. The summed E-state index contributed by atoms with van der Waals surface area (Å²) in [6.45, 7) is 1.89. The van der Waals surface area contributed by atoms with Crippen molar-refractivity contribution in [3.05, 3.63) is 0 Å². The summed E-state index contributed by atoms with van der Waals surface area (Å²) < 4.78 is 34.2. The van der Waals surface area contributed by atoms with E-state index in [0.29, 0.717) is 12.5 Å². The molecule has 0 bridgehead atoms. The fraction of sp³-hybridized carbons (Fsp3) is 1.00. The molecule has 0 aliphatic rings. The molecule has 0 rings (SSSR count). The second-order valence-electron chi connectivity index (χ2n) is 1.78. The lowest BCUT2D eigenvalue weighted by molar-refractivity contribution is -0.0472. The van der Waals surface area contributed by atoms with Crippen molar-refractivity contribution in [2.24, 2.45) is 0 Å². The zero-order valence-corrected chi connectivity index (χ0v) is 6.26. The Kier molecular flexibility index (Phi) is 3.93. The van der Waals surface area contributed by atoms with E-state index in [9.17, 15) is 13.2 Å². The Morgan fingerprint density at radius 1 is 1.33 bits per heavy atom. The lowest BCUT2D eigenvalue weighted by atomic mass is 10.4. The second kappa shape index (κ2) is 3.93. The first kappa shape index (κ1) is 9.01. The fourth-order valence-electron chi connectivity index (χ4n) is 0.407. The highest BCUT2D eigenvalue weighted by Gasteiger charge is 2.26. The van der Waals surface area contributed by atoms with Crippen LogP contribution in [0.4, 0.5) is 13.2 Å². The molecule has 0 aromatic heterocycles. The van der Waals surface area contributed by atoms with E-state index in [1.165, 1.54) is 0 Å². The van der Waals surface area contributed by atoms with Crippen LogP contribution in [0.15, 0.2) is 0 Å². The third-order valence-electron chi connectivity index (χ3n) is 0.856. The van der Waals surface area contributed by atoms with E-state index in [4.69, 9.17) is 0 Å². The van der Waals surface area contributed by atoms with Crippen LogP contribution in [0.2, 0.25) is 6.04 Å². The first-order valence-electron chi connectivity index (χ1n) is 2.88. The molecular weight excluding hydrogens is 145 g/mol. The minimum Gasteiger partial charge on any atom is -0.178 e. The summed E-state index contributed by atoms with van der Waals surface area (Å²) in [7, 11) is -0.852. The maximum Gasteiger partial charge on any atom is 0.357 e. The summed E-state index contributed by atoms with van der Waals surface area (Å²) in [5.74, 6) is -3.92. The van der Waals surface area contributed by atoms with Crippen LogP contribution in [0.3, 0.4) is 0 Å². The normalized spacial score (nSPS) is 12.0. The van der Waals surface area contributed by atoms with Gasteiger partial charge in [-0.05, 0) is 0 Å². The molecule has 54 valence electrons. The molecule has 0 saturated heterocycles. The van der Waals surface area contributed by atoms with Crippen molar-refractivity contribution in [3.63, 3.8) is 0 Å². The van der Waals surface area contributed by atoms with E-state index in [2.05, 4.69) is 0 Å². The third kappa shape index (κ3) is 8.01. The molecule has 0 N–H and O–H groups in total. The highest BCUT2D eigenvalue weighted by molar-refractivity contribution is 6.37. The van der Waals surface area contributed by atoms with Gasteiger partial charge in [0.25, 0.3) is 0 Å². The van der Waals surface area contributed by atoms with Crippen LogP contribution in [-0.4, -0.2) is 15.3 Å². The second-order valence-corrected chi connectivity index (χ2v) is 3.20. The average Bonchev–Trinajstić information content (AvgIpc) is 1.63. The molecule has 0 saturated carbocycles. The van der Waals surface area contributed by atoms with Gasteiger partial charge < -0.3 is 0 Å². The summed E-state index contributed by atoms with van der Waals surface area (Å²) in [6.07, 6.45) is 1.54. The molecular formula is C5H9F3Si. The van der Waals surface area contributed by atoms with Crippen molar-refractivity contribution in [3.8, 4) is 0 Å². The van der Waals surface area contributed by atoms with Gasteiger partial charge in [-0.2, -0.15) is 13.2 Å². The van der Waals surface area contributed by atoms with Crippen LogP contribution in [0.5, 0.6) is 0 Å². The van der Waals surface area contributed by atoms with Crippen molar-refractivity contribution >= 4 is 9.52 Å². The van der Waals surface area contributed by atoms with Crippen molar-refractivity contribution in [2.45, 2.75) is 31.6 Å². The predicted octanol–water partition coefficient (Wildman–Crippen LogP) is 2.43. The largest absolute Gasteiger partial charge is 0.357 e. The standard InChI is InChI=1S/C5H9F3Si/c1-2-3-4-9-5(6,7)8/h2-4H2,1H3. The van der Waals surface area contributed by atoms with Gasteiger partial charge in [0.05, 0.1) is 0 Å². The van der Waals surface area contributed by atoms with E-state index < -0.39 is 15.3 Å². The van der Waals surface area contributed by atoms with E-state index in [1.54, 1.807) is 0 Å². The minimum atomic E-state index is -3.92. The van der Waals surface area contributed by atoms with Crippen LogP contribution in [-0.2, 0) is 0 Å². The summed E-state index contributed by atoms with van der Waals surface area (Å²) in [5, 5.41) is 0. The molecule has 0 spiro atoms. The van der Waals surface area contributed by atoms with Gasteiger partial charge in [-0.3, -0.25) is 0 Å². The van der Waals surface area contributed by atoms with Gasteiger partial charge in [0, 0.05) is 0 Å². The van der Waals surface area contributed by atoms with E-state index in [-0.39, 0.29) is 0 Å². The average molecular weight is 154 g/mol. The number of hydrogen-bond acceptors (Lipinski definition) is 0. The van der Waals surface area contributed by atoms with Gasteiger partial charge in [-0.15, -0.1) is 0 Å². The van der Waals surface area contributed by atoms with Gasteiger partial charge in [0.15, 0.2) is 9.52 Å². The Morgan fingerprint density at radius 3 is 2.22 bits per heavy atom. The zero-order chi connectivity index (χ0) is 7.33. The zero-order valence-electron chi connectivity index (χ0n) is 5.26. The number of hydrogen-bond donors (Lipinski definition) is 0. The summed E-state index contributed by atoms with van der Waals surface area (Å²) in [6, 6.07) is 0.306. The topological polar surface area (TPSA) is 0 Å². The smallest absolute Gasteiger partial charge is 0.178 e. The third-order valence-corrected chi connectivity index (χ3v) is 1.86. The lowest BCUT2D eigenvalue weighted by Gasteiger charge is -2.01. The van der Waals surface area contributed by atoms with E-state index in [1.807, 2.05) is 6.92 Å². The Labute approximate surface area is 55.3 Å². The Hall–Kier alpha value is 0.00688. The van der Waals surface area contributed by atoms with Crippen molar-refractivity contribution in [1.82, 2.24) is 0 Å². The van der Waals surface area contributed by atoms with Gasteiger partial charge in [0.2, 0.25) is 0 Å². The maximum absolute atomic E-state index is 11.4. The van der Waals surface area contributed by atoms with Crippen LogP contribution in [0, 0.1) is 0 Å². The maximum atomic E-state index is 11.4. The van der Waals surface area contributed by atoms with Gasteiger partial charge >= 0.3 is 5.80 Å². The monoisotopic (exact) mass is 154 g/mol. The summed E-state index contributed by atoms with van der Waals surface area (Å²) >= 11 is 0. The SMILES string of the molecule is CCCC[Si]C(F)(F)F. The molecule has 0 nitrogen and oxygen atoms in total. The minimum absolute atomic E-state index is 0.306. The van der Waals surface area contributed by atoms with Gasteiger partial charge in [0.1, 0.15) is 0 Å². The highest BCUT2D eigenvalue weighted by atomic mass is 28.2. The molecule has 0 atom stereocenters. The number of alkyl halides is 3. The summed E-state index contributed by atoms with van der Waals surface area (Å²) in [4.78, 5) is 0. The number of rotatable bonds is 3. The molecule has 0 unspecified atom stereocenters. The molecule has 0 aliphatic carbocycles. The number of unbranched alkanes of at least 4 members (excludes halogenated alkanes) is 1. The lowest BCUT2D eigenvalue weighted by Crippen LogP contribution is -2.17. The van der Waals surface area contributed by atoms with Gasteiger partial charge in [-0.25, -0.2) is 0 Å². The molecule has 0 aromatic carbocycles. The van der Waals surface area contributed by atoms with E-state index in [0.717, 1.165) is 6.42 Å². The van der Waals surface area contributed by atoms with E-state index >= 15 is 0 Å². The molecule has 0 heterocycles. The Balaban J connectivity index is 3.07. The Bertz CT molecular complexity index is 69.1. The molecule has 0 aliphatic heterocycles. The molecule has 2 radical (unpaired) electrons. The summed E-state index contributed by atoms with van der Waals surface area (Å²) in [5.41, 5.74) is 0. The van der Waals surface area contributed by atoms with Crippen LogP contribution < -0.4 is 0 Å². The van der Waals surface area contributed by atoms with Crippen LogP contribution >= 0.6 is 0 Å². The molecule has 9 heavy (non-hydrogen) atoms. The van der Waals surface area contributed by atoms with Crippen LogP contribution in [0.1, 0.15) is 19.8 Å². The first-order chi connectivity index (χ1) is 4.06. The molecule has 4 heteroatoms.